The van der Waals surface area contributed by atoms with E-state index in [0.717, 1.165) is 82.3 Å². The maximum atomic E-state index is 15.3. The Labute approximate surface area is 362 Å². The molecule has 6 aliphatic rings. The molecular weight excluding hydrogens is 809 g/mol. The van der Waals surface area contributed by atoms with Crippen molar-refractivity contribution in [3.8, 4) is 5.82 Å². The Balaban J connectivity index is 0.644. The molecule has 5 aliphatic heterocycles. The van der Waals surface area contributed by atoms with Gasteiger partial charge >= 0.3 is 0 Å². The summed E-state index contributed by atoms with van der Waals surface area (Å²) in [6, 6.07) is 14.9. The molecule has 2 atom stereocenters. The van der Waals surface area contributed by atoms with Crippen LogP contribution in [0.5, 0.6) is 0 Å². The first-order chi connectivity index (χ1) is 30.5. The van der Waals surface area contributed by atoms with Gasteiger partial charge in [0, 0.05) is 113 Å². The van der Waals surface area contributed by atoms with Gasteiger partial charge in [-0.2, -0.15) is 4.98 Å². The molecule has 326 valence electrons. The van der Waals surface area contributed by atoms with Gasteiger partial charge in [0.05, 0.1) is 16.8 Å². The van der Waals surface area contributed by atoms with Crippen molar-refractivity contribution in [2.75, 3.05) is 74.0 Å². The zero-order chi connectivity index (χ0) is 43.1. The lowest BCUT2D eigenvalue weighted by Gasteiger charge is -2.51. The number of nitrogens with zero attached hydrogens (tertiary/aromatic N) is 9. The highest BCUT2D eigenvalue weighted by Gasteiger charge is 2.42. The summed E-state index contributed by atoms with van der Waals surface area (Å²) in [4.78, 5) is 62.0. The second-order valence-electron chi connectivity index (χ2n) is 18.0. The quantitative estimate of drug-likeness (QED) is 0.174. The van der Waals surface area contributed by atoms with Gasteiger partial charge in [-0.25, -0.2) is 18.7 Å². The SMILES string of the molecule is CC[C@@]1(O)CCc2ccc(-n3cc(F)c4cnc(Nc5ccc(N6CCN(C7CN(CC8CN(c9cc%10c(cc9F)C(=O)N(C9CCC(=O)NC9=O)C%10)C8)C7)CC6)cc5)nc43)nc21. The van der Waals surface area contributed by atoms with E-state index in [1.165, 1.54) is 23.4 Å². The molecule has 15 nitrogen and oxygen atoms in total. The Bertz CT molecular complexity index is 2660. The number of piperidine rings is 1. The van der Waals surface area contributed by atoms with Crippen LogP contribution in [0.1, 0.15) is 59.8 Å². The highest BCUT2D eigenvalue weighted by atomic mass is 19.1. The molecule has 3 amide bonds. The molecule has 0 saturated carbocycles. The minimum atomic E-state index is -0.979. The minimum Gasteiger partial charge on any atom is -0.384 e. The number of anilines is 4. The zero-order valence-electron chi connectivity index (χ0n) is 35.1. The van der Waals surface area contributed by atoms with E-state index in [2.05, 4.69) is 47.4 Å². The van der Waals surface area contributed by atoms with Crippen LogP contribution >= 0.6 is 0 Å². The number of carbonyl (C=O) groups is 3. The van der Waals surface area contributed by atoms with E-state index in [1.54, 1.807) is 10.6 Å². The van der Waals surface area contributed by atoms with Crippen molar-refractivity contribution < 1.29 is 28.3 Å². The second-order valence-corrected chi connectivity index (χ2v) is 18.0. The van der Waals surface area contributed by atoms with Crippen LogP contribution in [0.15, 0.2) is 60.9 Å². The summed E-state index contributed by atoms with van der Waals surface area (Å²) in [7, 11) is 0. The van der Waals surface area contributed by atoms with Gasteiger partial charge in [-0.1, -0.05) is 13.0 Å². The maximum absolute atomic E-state index is 15.3. The Kier molecular flexibility index (Phi) is 9.69. The number of pyridine rings is 1. The van der Waals surface area contributed by atoms with Crippen LogP contribution in [0, 0.1) is 17.6 Å². The number of aromatic nitrogens is 4. The average molecular weight is 858 g/mol. The Morgan fingerprint density at radius 1 is 0.905 bits per heavy atom. The van der Waals surface area contributed by atoms with Crippen LogP contribution in [-0.2, 0) is 28.2 Å². The molecule has 63 heavy (non-hydrogen) atoms. The van der Waals surface area contributed by atoms with Crippen LogP contribution in [0.2, 0.25) is 0 Å². The van der Waals surface area contributed by atoms with Crippen LogP contribution < -0.4 is 20.4 Å². The summed E-state index contributed by atoms with van der Waals surface area (Å²) in [6.07, 6.45) is 5.25. The largest absolute Gasteiger partial charge is 0.384 e. The lowest BCUT2D eigenvalue weighted by molar-refractivity contribution is -0.136. The molecule has 1 aliphatic carbocycles. The number of hydrogen-bond acceptors (Lipinski definition) is 12. The van der Waals surface area contributed by atoms with Crippen molar-refractivity contribution in [3.63, 3.8) is 0 Å². The fraction of sp³-hybridized carbons (Fsp3) is 0.435. The van der Waals surface area contributed by atoms with E-state index >= 15 is 8.78 Å². The molecule has 0 spiro atoms. The normalized spacial score (nSPS) is 23.3. The number of amides is 3. The molecule has 17 heteroatoms. The van der Waals surface area contributed by atoms with E-state index in [4.69, 9.17) is 4.98 Å². The Hall–Kier alpha value is -6.04. The number of halogens is 2. The fourth-order valence-electron chi connectivity index (χ4n) is 10.4. The van der Waals surface area contributed by atoms with Crippen molar-refractivity contribution in [1.82, 2.24) is 39.5 Å². The number of hydrogen-bond donors (Lipinski definition) is 3. The van der Waals surface area contributed by atoms with Gasteiger partial charge in [-0.05, 0) is 79.3 Å². The number of nitrogens with one attached hydrogen (secondary N) is 2. The topological polar surface area (TPSA) is 155 Å². The lowest BCUT2D eigenvalue weighted by atomic mass is 9.94. The van der Waals surface area contributed by atoms with Gasteiger partial charge in [-0.15, -0.1) is 0 Å². The van der Waals surface area contributed by atoms with Gasteiger partial charge in [0.25, 0.3) is 5.91 Å². The van der Waals surface area contributed by atoms with Crippen molar-refractivity contribution in [1.29, 1.82) is 0 Å². The third-order valence-corrected chi connectivity index (χ3v) is 14.2. The molecule has 5 aromatic rings. The van der Waals surface area contributed by atoms with Gasteiger partial charge in [0.15, 0.2) is 11.5 Å². The Morgan fingerprint density at radius 2 is 1.70 bits per heavy atom. The van der Waals surface area contributed by atoms with E-state index in [1.807, 2.05) is 36.1 Å². The van der Waals surface area contributed by atoms with Crippen molar-refractivity contribution in [2.24, 2.45) is 5.92 Å². The lowest BCUT2D eigenvalue weighted by Crippen LogP contribution is -2.65. The molecule has 0 radical (unpaired) electrons. The molecule has 3 N–H and O–H groups in total. The third-order valence-electron chi connectivity index (χ3n) is 14.2. The number of benzene rings is 2. The standard InChI is InChI=1S/C46H49F2N11O4/c1-2-46(63)12-11-28-3-9-39(51-41(28)46)59-26-36(48)34-19-49-45(53-42(34)59)50-30-4-6-31(7-5-30)55-13-15-56(16-14-55)32-24-54(25-32)20-27-21-57(22-27)38-17-29-23-58(44(62)33(29)18-35(38)47)37-8-10-40(60)52-43(37)61/h3-7,9,17-19,26-27,32,37,63H,2,8,10-16,20-25H2,1H3,(H,49,50,53)(H,52,60,61)/t37?,46-/m1/s1. The number of carbonyl (C=O) groups excluding carboxylic acids is 3. The van der Waals surface area contributed by atoms with E-state index in [9.17, 15) is 19.5 Å². The van der Waals surface area contributed by atoms with Gasteiger partial charge in [0.1, 0.15) is 23.3 Å². The number of fused-ring (bicyclic) bond motifs is 3. The first kappa shape index (κ1) is 39.8. The monoisotopic (exact) mass is 857 g/mol. The van der Waals surface area contributed by atoms with Crippen molar-refractivity contribution in [2.45, 2.75) is 63.3 Å². The summed E-state index contributed by atoms with van der Waals surface area (Å²) in [6.45, 7) is 10.5. The molecule has 3 aromatic heterocycles. The number of aliphatic hydroxyl groups is 1. The second kappa shape index (κ2) is 15.3. The van der Waals surface area contributed by atoms with E-state index in [0.29, 0.717) is 64.7 Å². The van der Waals surface area contributed by atoms with Gasteiger partial charge < -0.3 is 25.1 Å². The number of imide groups is 1. The molecule has 11 rings (SSSR count). The van der Waals surface area contributed by atoms with Crippen LogP contribution in [0.4, 0.5) is 31.8 Å². The average Bonchev–Trinajstić information content (AvgIpc) is 3.89. The van der Waals surface area contributed by atoms with Crippen molar-refractivity contribution in [3.05, 3.63) is 94.9 Å². The number of aryl methyl sites for hydroxylation is 1. The maximum Gasteiger partial charge on any atom is 0.255 e. The summed E-state index contributed by atoms with van der Waals surface area (Å²) < 4.78 is 32.0. The van der Waals surface area contributed by atoms with Crippen molar-refractivity contribution >= 4 is 51.8 Å². The van der Waals surface area contributed by atoms with E-state index < -0.39 is 29.2 Å². The highest BCUT2D eigenvalue weighted by Crippen LogP contribution is 2.39. The highest BCUT2D eigenvalue weighted by molar-refractivity contribution is 6.05. The molecular formula is C46H49F2N11O4. The number of rotatable bonds is 10. The predicted molar refractivity (Wildman–Crippen MR) is 231 cm³/mol. The number of likely N-dealkylation sites (tertiary alicyclic amines) is 1. The minimum absolute atomic E-state index is 0.179. The summed E-state index contributed by atoms with van der Waals surface area (Å²) in [5.74, 6) is -0.762. The summed E-state index contributed by atoms with van der Waals surface area (Å²) in [5.41, 5.74) is 4.55. The molecule has 4 saturated heterocycles. The summed E-state index contributed by atoms with van der Waals surface area (Å²) >= 11 is 0. The molecule has 8 heterocycles. The van der Waals surface area contributed by atoms with Crippen LogP contribution in [-0.4, -0.2) is 128 Å². The van der Waals surface area contributed by atoms with Gasteiger partial charge in [0.2, 0.25) is 17.8 Å². The van der Waals surface area contributed by atoms with Crippen LogP contribution in [0.3, 0.4) is 0 Å². The Morgan fingerprint density at radius 3 is 2.46 bits per heavy atom. The van der Waals surface area contributed by atoms with Crippen LogP contribution in [0.25, 0.3) is 16.9 Å². The first-order valence-corrected chi connectivity index (χ1v) is 22.1. The zero-order valence-corrected chi connectivity index (χ0v) is 35.1. The first-order valence-electron chi connectivity index (χ1n) is 22.1. The number of piperazine rings is 1. The summed E-state index contributed by atoms with van der Waals surface area (Å²) in [5, 5.41) is 17.0. The van der Waals surface area contributed by atoms with Gasteiger partial charge in [-0.3, -0.25) is 34.1 Å². The third kappa shape index (κ3) is 7.06. The molecule has 1 unspecified atom stereocenters. The molecule has 0 bridgehead atoms. The predicted octanol–water partition coefficient (Wildman–Crippen LogP) is 4.08. The smallest absolute Gasteiger partial charge is 0.255 e. The van der Waals surface area contributed by atoms with E-state index in [-0.39, 0.29) is 36.6 Å². The molecule has 2 aromatic carbocycles. The fourth-order valence-corrected chi connectivity index (χ4v) is 10.4. The molecule has 4 fully saturated rings.